The van der Waals surface area contributed by atoms with E-state index >= 15 is 0 Å². The third-order valence-electron chi connectivity index (χ3n) is 8.52. The second-order valence-electron chi connectivity index (χ2n) is 11.7. The van der Waals surface area contributed by atoms with E-state index < -0.39 is 0 Å². The number of ether oxygens (including phenoxy) is 1. The number of nitrogens with one attached hydrogen (secondary N) is 1. The van der Waals surface area contributed by atoms with Crippen LogP contribution in [0.5, 0.6) is 0 Å². The van der Waals surface area contributed by atoms with Crippen molar-refractivity contribution in [3.8, 4) is 17.2 Å². The molecule has 0 unspecified atom stereocenters. The number of aryl methyl sites for hydroxylation is 2. The predicted octanol–water partition coefficient (Wildman–Crippen LogP) is 4.74. The molecule has 2 fully saturated rings. The lowest BCUT2D eigenvalue weighted by Gasteiger charge is -2.36. The topological polar surface area (TPSA) is 143 Å². The van der Waals surface area contributed by atoms with Crippen LogP contribution in [0, 0.1) is 17.2 Å². The minimum absolute atomic E-state index is 0.0127. The van der Waals surface area contributed by atoms with Gasteiger partial charge in [0.15, 0.2) is 0 Å². The Hall–Kier alpha value is -4.82. The molecule has 11 nitrogen and oxygen atoms in total. The first-order valence-corrected chi connectivity index (χ1v) is 15.7. The van der Waals surface area contributed by atoms with Crippen LogP contribution in [-0.2, 0) is 28.8 Å². The molecule has 1 amide bonds. The van der Waals surface area contributed by atoms with Gasteiger partial charge in [0.2, 0.25) is 17.8 Å². The van der Waals surface area contributed by atoms with Gasteiger partial charge < -0.3 is 10.1 Å². The number of hydrogen-bond acceptors (Lipinski definition) is 10. The van der Waals surface area contributed by atoms with Gasteiger partial charge in [0.05, 0.1) is 30.7 Å². The smallest absolute Gasteiger partial charge is 0.232 e. The second-order valence-corrected chi connectivity index (χ2v) is 11.7. The van der Waals surface area contributed by atoms with Gasteiger partial charge in [-0.3, -0.25) is 9.69 Å². The maximum Gasteiger partial charge on any atom is 0.232 e. The lowest BCUT2D eigenvalue weighted by molar-refractivity contribution is -0.119. The van der Waals surface area contributed by atoms with Gasteiger partial charge >= 0.3 is 0 Å². The van der Waals surface area contributed by atoms with Gasteiger partial charge in [0.1, 0.15) is 11.9 Å². The van der Waals surface area contributed by atoms with E-state index in [0.717, 1.165) is 60.3 Å². The Balaban J connectivity index is 1.15. The summed E-state index contributed by atoms with van der Waals surface area (Å²) in [5.41, 5.74) is 4.04. The van der Waals surface area contributed by atoms with Gasteiger partial charge in [0.25, 0.3) is 0 Å². The van der Waals surface area contributed by atoms with Gasteiger partial charge in [-0.15, -0.1) is 0 Å². The van der Waals surface area contributed by atoms with Crippen molar-refractivity contribution >= 4 is 17.8 Å². The third kappa shape index (κ3) is 7.46. The summed E-state index contributed by atoms with van der Waals surface area (Å²) in [6.07, 6.45) is 14.4. The van der Waals surface area contributed by atoms with Crippen molar-refractivity contribution in [2.24, 2.45) is 5.92 Å². The Morgan fingerprint density at radius 1 is 0.956 bits per heavy atom. The average Bonchev–Trinajstić information content (AvgIpc) is 3.07. The van der Waals surface area contributed by atoms with E-state index in [1.54, 1.807) is 35.9 Å². The summed E-state index contributed by atoms with van der Waals surface area (Å²) in [4.78, 5) is 42.8. The molecule has 0 spiro atoms. The first-order valence-electron chi connectivity index (χ1n) is 15.7. The molecule has 6 rings (SSSR count). The molecule has 11 heteroatoms. The number of benzene rings is 1. The van der Waals surface area contributed by atoms with Crippen molar-refractivity contribution in [3.63, 3.8) is 0 Å². The minimum Gasteiger partial charge on any atom is -0.381 e. The summed E-state index contributed by atoms with van der Waals surface area (Å²) in [6.45, 7) is 3.42. The number of carbonyl (C=O) groups is 1. The predicted molar refractivity (Wildman–Crippen MR) is 169 cm³/mol. The zero-order valence-electron chi connectivity index (χ0n) is 25.5. The monoisotopic (exact) mass is 603 g/mol. The number of amides is 1. The molecule has 1 aliphatic carbocycles. The first kappa shape index (κ1) is 30.2. The largest absolute Gasteiger partial charge is 0.381 e. The number of aromatic nitrogens is 6. The summed E-state index contributed by atoms with van der Waals surface area (Å²) < 4.78 is 5.30. The Bertz CT molecular complexity index is 1610. The molecule has 2 aliphatic rings. The molecule has 1 N–H and O–H groups in total. The number of rotatable bonds is 11. The van der Waals surface area contributed by atoms with Gasteiger partial charge in [0, 0.05) is 66.8 Å². The lowest BCUT2D eigenvalue weighted by atomic mass is 9.90. The molecule has 1 saturated carbocycles. The normalized spacial score (nSPS) is 18.0. The summed E-state index contributed by atoms with van der Waals surface area (Å²) in [5.74, 6) is 2.15. The van der Waals surface area contributed by atoms with Crippen molar-refractivity contribution in [3.05, 3.63) is 84.0 Å². The van der Waals surface area contributed by atoms with E-state index in [1.165, 1.54) is 0 Å². The molecular formula is C34H37N9O2. The average molecular weight is 604 g/mol. The summed E-state index contributed by atoms with van der Waals surface area (Å²) in [7, 11) is 0. The number of anilines is 2. The van der Waals surface area contributed by atoms with Crippen LogP contribution in [0.2, 0.25) is 0 Å². The SMILES string of the molecule is CCc1ncc(-c2cnc(N(C(=O)CCc3ccccc3)C3CCC(Nc4ncc(C#N)c(CC5COC5)n4)CC3)nc2)cn1. The number of hydrogen-bond donors (Lipinski definition) is 1. The fraction of sp³-hybridized carbons (Fsp3) is 0.412. The van der Waals surface area contributed by atoms with Crippen LogP contribution in [0.3, 0.4) is 0 Å². The Kier molecular flexibility index (Phi) is 9.61. The lowest BCUT2D eigenvalue weighted by Crippen LogP contribution is -2.45. The van der Waals surface area contributed by atoms with Crippen molar-refractivity contribution in [2.45, 2.75) is 70.4 Å². The Morgan fingerprint density at radius 2 is 1.64 bits per heavy atom. The molecule has 3 aromatic heterocycles. The summed E-state index contributed by atoms with van der Waals surface area (Å²) >= 11 is 0. The number of nitrogens with zero attached hydrogens (tertiary/aromatic N) is 8. The molecule has 1 aliphatic heterocycles. The fourth-order valence-corrected chi connectivity index (χ4v) is 5.85. The van der Waals surface area contributed by atoms with E-state index in [2.05, 4.69) is 36.3 Å². The zero-order valence-corrected chi connectivity index (χ0v) is 25.5. The van der Waals surface area contributed by atoms with Crippen molar-refractivity contribution in [2.75, 3.05) is 23.4 Å². The molecule has 4 heterocycles. The summed E-state index contributed by atoms with van der Waals surface area (Å²) in [5, 5.41) is 13.0. The molecular weight excluding hydrogens is 566 g/mol. The van der Waals surface area contributed by atoms with Crippen LogP contribution in [-0.4, -0.2) is 61.1 Å². The van der Waals surface area contributed by atoms with E-state index in [4.69, 9.17) is 9.72 Å². The minimum atomic E-state index is -0.0274. The first-order chi connectivity index (χ1) is 22.1. The number of carbonyl (C=O) groups excluding carboxylic acids is 1. The third-order valence-corrected chi connectivity index (χ3v) is 8.52. The van der Waals surface area contributed by atoms with Gasteiger partial charge in [-0.25, -0.2) is 29.9 Å². The molecule has 1 aromatic carbocycles. The highest BCUT2D eigenvalue weighted by molar-refractivity contribution is 5.92. The highest BCUT2D eigenvalue weighted by atomic mass is 16.5. The summed E-state index contributed by atoms with van der Waals surface area (Å²) in [6, 6.07) is 12.4. The van der Waals surface area contributed by atoms with E-state index in [0.29, 0.717) is 55.9 Å². The second kappa shape index (κ2) is 14.3. The van der Waals surface area contributed by atoms with Crippen LogP contribution in [0.1, 0.15) is 61.7 Å². The highest BCUT2D eigenvalue weighted by Crippen LogP contribution is 2.29. The molecule has 0 atom stereocenters. The highest BCUT2D eigenvalue weighted by Gasteiger charge is 2.32. The molecule has 0 bridgehead atoms. The van der Waals surface area contributed by atoms with Gasteiger partial charge in [-0.2, -0.15) is 5.26 Å². The number of nitriles is 1. The van der Waals surface area contributed by atoms with E-state index in [9.17, 15) is 10.1 Å². The van der Waals surface area contributed by atoms with E-state index in [1.807, 2.05) is 37.3 Å². The van der Waals surface area contributed by atoms with Crippen LogP contribution in [0.4, 0.5) is 11.9 Å². The molecule has 45 heavy (non-hydrogen) atoms. The zero-order chi connectivity index (χ0) is 31.0. The van der Waals surface area contributed by atoms with Crippen LogP contribution in [0.25, 0.3) is 11.1 Å². The van der Waals surface area contributed by atoms with E-state index in [-0.39, 0.29) is 18.0 Å². The van der Waals surface area contributed by atoms with Crippen LogP contribution < -0.4 is 10.2 Å². The molecule has 0 radical (unpaired) electrons. The standard InChI is InChI=1S/C34H37N9O2/c1-2-31-36-17-26(18-37-31)27-19-39-34(40-20-27)43(32(44)13-8-23-6-4-3-5-7-23)29-11-9-28(10-12-29)41-33-38-16-25(15-35)30(42-33)14-24-21-45-22-24/h3-7,16-20,24,28-29H,2,8-14,21-22H2,1H3,(H,38,41,42). The van der Waals surface area contributed by atoms with Gasteiger partial charge in [-0.05, 0) is 44.1 Å². The van der Waals surface area contributed by atoms with Crippen LogP contribution in [0.15, 0.2) is 61.3 Å². The maximum absolute atomic E-state index is 13.8. The molecule has 230 valence electrons. The fourth-order valence-electron chi connectivity index (χ4n) is 5.85. The molecule has 4 aromatic rings. The quantitative estimate of drug-likeness (QED) is 0.255. The van der Waals surface area contributed by atoms with Crippen LogP contribution >= 0.6 is 0 Å². The Morgan fingerprint density at radius 3 is 2.27 bits per heavy atom. The van der Waals surface area contributed by atoms with Crippen molar-refractivity contribution < 1.29 is 9.53 Å². The van der Waals surface area contributed by atoms with Gasteiger partial charge in [-0.1, -0.05) is 37.3 Å². The maximum atomic E-state index is 13.8. The molecule has 1 saturated heterocycles. The Labute approximate surface area is 263 Å². The van der Waals surface area contributed by atoms with Crippen molar-refractivity contribution in [1.29, 1.82) is 5.26 Å². The van der Waals surface area contributed by atoms with Crippen molar-refractivity contribution in [1.82, 2.24) is 29.9 Å².